The maximum absolute atomic E-state index is 2.45. The van der Waals surface area contributed by atoms with Crippen LogP contribution in [0.5, 0.6) is 0 Å². The molecule has 0 saturated carbocycles. The van der Waals surface area contributed by atoms with Gasteiger partial charge in [0.2, 0.25) is 0 Å². The lowest BCUT2D eigenvalue weighted by atomic mass is 10.0. The van der Waals surface area contributed by atoms with Crippen LogP contribution in [0.4, 0.5) is 17.1 Å². The van der Waals surface area contributed by atoms with Crippen molar-refractivity contribution in [3.8, 4) is 16.8 Å². The van der Waals surface area contributed by atoms with E-state index in [9.17, 15) is 0 Å². The van der Waals surface area contributed by atoms with Crippen molar-refractivity contribution in [1.29, 1.82) is 0 Å². The Morgan fingerprint density at radius 3 is 1.73 bits per heavy atom. The third-order valence-electron chi connectivity index (χ3n) is 8.77. The van der Waals surface area contributed by atoms with Crippen LogP contribution in [0.15, 0.2) is 170 Å². The maximum atomic E-state index is 2.45. The molecule has 3 heteroatoms. The van der Waals surface area contributed by atoms with Gasteiger partial charge in [0.1, 0.15) is 0 Å². The van der Waals surface area contributed by atoms with E-state index >= 15 is 0 Å². The number of fused-ring (bicyclic) bond motifs is 7. The second-order valence-corrected chi connectivity index (χ2v) is 12.5. The molecule has 0 radical (unpaired) electrons. The minimum absolute atomic E-state index is 1.13. The van der Waals surface area contributed by atoms with Crippen LogP contribution >= 0.6 is 11.3 Å². The number of aromatic nitrogens is 1. The van der Waals surface area contributed by atoms with Crippen LogP contribution in [0.2, 0.25) is 0 Å². The summed E-state index contributed by atoms with van der Waals surface area (Å²) in [4.78, 5) is 2.30. The van der Waals surface area contributed by atoms with E-state index in [1.807, 2.05) is 11.3 Å². The summed E-state index contributed by atoms with van der Waals surface area (Å²) in [5, 5.41) is 5.20. The molecule has 9 rings (SSSR count). The SMILES string of the molecule is c1ccc(N(c2ccccc2)c2ccc(-c3ccc4c(c3)c3ccc5sc6ccccc6c5c3n4-c3ccccc3)cc2)cc1. The van der Waals surface area contributed by atoms with Gasteiger partial charge in [-0.05, 0) is 83.9 Å². The lowest BCUT2D eigenvalue weighted by Crippen LogP contribution is -2.09. The fraction of sp³-hybridized carbons (Fsp3) is 0. The number of hydrogen-bond acceptors (Lipinski definition) is 2. The number of hydrogen-bond donors (Lipinski definition) is 0. The molecule has 0 spiro atoms. The van der Waals surface area contributed by atoms with Crippen LogP contribution in [0, 0.1) is 0 Å². The molecule has 212 valence electrons. The van der Waals surface area contributed by atoms with E-state index in [0.29, 0.717) is 0 Å². The smallest absolute Gasteiger partial charge is 0.0634 e. The predicted octanol–water partition coefficient (Wildman–Crippen LogP) is 12.3. The van der Waals surface area contributed by atoms with Crippen LogP contribution < -0.4 is 4.90 Å². The molecular weight excluding hydrogens is 565 g/mol. The highest BCUT2D eigenvalue weighted by atomic mass is 32.1. The van der Waals surface area contributed by atoms with Gasteiger partial charge in [0.05, 0.1) is 11.0 Å². The molecule has 0 amide bonds. The Balaban J connectivity index is 1.22. The molecule has 2 heterocycles. The normalized spacial score (nSPS) is 11.6. The Kier molecular flexibility index (Phi) is 6.03. The molecule has 0 saturated heterocycles. The van der Waals surface area contributed by atoms with E-state index in [1.54, 1.807) is 0 Å². The van der Waals surface area contributed by atoms with Crippen molar-refractivity contribution in [2.45, 2.75) is 0 Å². The Labute approximate surface area is 265 Å². The summed E-state index contributed by atoms with van der Waals surface area (Å²) >= 11 is 1.87. The zero-order valence-electron chi connectivity index (χ0n) is 24.5. The quantitative estimate of drug-likeness (QED) is 0.193. The standard InChI is InChI=1S/C42H28N2S/c1-4-12-31(13-5-1)43(32-14-6-2-7-15-32)34-23-20-29(21-24-34)30-22-26-38-37(28-30)35-25-27-40-41(36-18-10-11-19-39(36)45-40)42(35)44(38)33-16-8-3-9-17-33/h1-28H. The minimum atomic E-state index is 1.13. The first kappa shape index (κ1) is 25.8. The van der Waals surface area contributed by atoms with Gasteiger partial charge in [-0.15, -0.1) is 11.3 Å². The number of rotatable bonds is 5. The number of anilines is 3. The summed E-state index contributed by atoms with van der Waals surface area (Å²) in [6, 6.07) is 61.2. The Hall–Kier alpha value is -5.64. The summed E-state index contributed by atoms with van der Waals surface area (Å²) in [6.45, 7) is 0. The third-order valence-corrected chi connectivity index (χ3v) is 9.91. The van der Waals surface area contributed by atoms with Crippen LogP contribution in [-0.4, -0.2) is 4.57 Å². The van der Waals surface area contributed by atoms with Crippen LogP contribution in [0.25, 0.3) is 58.8 Å². The van der Waals surface area contributed by atoms with Crippen molar-refractivity contribution >= 4 is 70.4 Å². The average Bonchev–Trinajstić information content (AvgIpc) is 3.65. The molecule has 0 atom stereocenters. The van der Waals surface area contributed by atoms with Crippen LogP contribution in [0.3, 0.4) is 0 Å². The van der Waals surface area contributed by atoms with E-state index in [4.69, 9.17) is 0 Å². The average molecular weight is 593 g/mol. The van der Waals surface area contributed by atoms with E-state index in [2.05, 4.69) is 179 Å². The molecule has 0 aliphatic heterocycles. The summed E-state index contributed by atoms with van der Waals surface area (Å²) in [7, 11) is 0. The van der Waals surface area contributed by atoms with Gasteiger partial charge >= 0.3 is 0 Å². The highest BCUT2D eigenvalue weighted by Crippen LogP contribution is 2.44. The van der Waals surface area contributed by atoms with Crippen LogP contribution in [-0.2, 0) is 0 Å². The molecule has 2 aromatic heterocycles. The number of benzene rings is 7. The van der Waals surface area contributed by atoms with Gasteiger partial charge in [-0.2, -0.15) is 0 Å². The summed E-state index contributed by atoms with van der Waals surface area (Å²) in [5.41, 5.74) is 9.49. The first-order valence-electron chi connectivity index (χ1n) is 15.3. The molecule has 7 aromatic carbocycles. The molecular formula is C42H28N2S. The second kappa shape index (κ2) is 10.5. The van der Waals surface area contributed by atoms with Crippen molar-refractivity contribution in [2.75, 3.05) is 4.90 Å². The van der Waals surface area contributed by atoms with Gasteiger partial charge in [0, 0.05) is 53.7 Å². The summed E-state index contributed by atoms with van der Waals surface area (Å²) in [6.07, 6.45) is 0. The van der Waals surface area contributed by atoms with Crippen molar-refractivity contribution in [3.05, 3.63) is 170 Å². The molecule has 45 heavy (non-hydrogen) atoms. The van der Waals surface area contributed by atoms with E-state index in [0.717, 1.165) is 17.1 Å². The topological polar surface area (TPSA) is 8.17 Å². The van der Waals surface area contributed by atoms with Crippen molar-refractivity contribution in [3.63, 3.8) is 0 Å². The first-order valence-corrected chi connectivity index (χ1v) is 16.1. The highest BCUT2D eigenvalue weighted by Gasteiger charge is 2.19. The summed E-state index contributed by atoms with van der Waals surface area (Å²) in [5.74, 6) is 0. The lowest BCUT2D eigenvalue weighted by Gasteiger charge is -2.25. The fourth-order valence-electron chi connectivity index (χ4n) is 6.74. The molecule has 0 N–H and O–H groups in total. The van der Waals surface area contributed by atoms with Gasteiger partial charge < -0.3 is 9.47 Å². The summed E-state index contributed by atoms with van der Waals surface area (Å²) < 4.78 is 5.10. The Morgan fingerprint density at radius 1 is 0.422 bits per heavy atom. The number of nitrogens with zero attached hydrogens (tertiary/aromatic N) is 2. The molecule has 2 nitrogen and oxygen atoms in total. The fourth-order valence-corrected chi connectivity index (χ4v) is 7.85. The number of para-hydroxylation sites is 3. The van der Waals surface area contributed by atoms with Gasteiger partial charge in [-0.1, -0.05) is 97.1 Å². The molecule has 0 unspecified atom stereocenters. The second-order valence-electron chi connectivity index (χ2n) is 11.4. The third kappa shape index (κ3) is 4.24. The van der Waals surface area contributed by atoms with Crippen molar-refractivity contribution in [2.24, 2.45) is 0 Å². The van der Waals surface area contributed by atoms with E-state index < -0.39 is 0 Å². The van der Waals surface area contributed by atoms with Crippen molar-refractivity contribution in [1.82, 2.24) is 4.57 Å². The van der Waals surface area contributed by atoms with Gasteiger partial charge in [0.15, 0.2) is 0 Å². The Morgan fingerprint density at radius 2 is 1.02 bits per heavy atom. The molecule has 0 bridgehead atoms. The zero-order valence-corrected chi connectivity index (χ0v) is 25.3. The maximum Gasteiger partial charge on any atom is 0.0634 e. The molecule has 9 aromatic rings. The van der Waals surface area contributed by atoms with E-state index in [1.165, 1.54) is 58.8 Å². The minimum Gasteiger partial charge on any atom is -0.311 e. The predicted molar refractivity (Wildman–Crippen MR) is 194 cm³/mol. The first-order chi connectivity index (χ1) is 22.3. The number of thiophene rings is 1. The lowest BCUT2D eigenvalue weighted by molar-refractivity contribution is 1.19. The van der Waals surface area contributed by atoms with Gasteiger partial charge in [0.25, 0.3) is 0 Å². The largest absolute Gasteiger partial charge is 0.311 e. The highest BCUT2D eigenvalue weighted by molar-refractivity contribution is 7.26. The van der Waals surface area contributed by atoms with Gasteiger partial charge in [-0.25, -0.2) is 0 Å². The molecule has 0 fully saturated rings. The van der Waals surface area contributed by atoms with E-state index in [-0.39, 0.29) is 0 Å². The molecule has 0 aliphatic carbocycles. The van der Waals surface area contributed by atoms with Gasteiger partial charge in [-0.3, -0.25) is 0 Å². The van der Waals surface area contributed by atoms with Crippen LogP contribution in [0.1, 0.15) is 0 Å². The Bertz CT molecular complexity index is 2420. The monoisotopic (exact) mass is 592 g/mol. The van der Waals surface area contributed by atoms with Crippen molar-refractivity contribution < 1.29 is 0 Å². The zero-order chi connectivity index (χ0) is 29.7. The molecule has 0 aliphatic rings.